The maximum atomic E-state index is 17.0. The second-order valence-electron chi connectivity index (χ2n) is 14.1. The first-order valence-electron chi connectivity index (χ1n) is 16.8. The van der Waals surface area contributed by atoms with E-state index < -0.39 is 48.0 Å². The Bertz CT molecular complexity index is 1910. The molecule has 1 N–H and O–H groups in total. The van der Waals surface area contributed by atoms with E-state index in [0.29, 0.717) is 24.8 Å². The topological polar surface area (TPSA) is 92.7 Å². The summed E-state index contributed by atoms with van der Waals surface area (Å²) in [5.41, 5.74) is -0.700. The summed E-state index contributed by atoms with van der Waals surface area (Å²) in [4.78, 5) is 29.8. The highest BCUT2D eigenvalue weighted by Crippen LogP contribution is 2.41. The summed E-state index contributed by atoms with van der Waals surface area (Å²) < 4.78 is 74.2. The van der Waals surface area contributed by atoms with E-state index in [1.807, 2.05) is 49.2 Å². The van der Waals surface area contributed by atoms with Gasteiger partial charge in [0.1, 0.15) is 29.8 Å². The molecular weight excluding hydrogens is 640 g/mol. The second kappa shape index (κ2) is 12.6. The molecular formula is C36H40F4N6O3. The summed E-state index contributed by atoms with van der Waals surface area (Å²) in [6, 6.07) is 11.1. The quantitative estimate of drug-likeness (QED) is 0.229. The van der Waals surface area contributed by atoms with Gasteiger partial charge in [0.25, 0.3) is 5.92 Å². The number of likely N-dealkylation sites (N-methyl/N-ethyl adjacent to an activating group) is 1. The summed E-state index contributed by atoms with van der Waals surface area (Å²) in [5, 5.41) is 4.46. The molecule has 0 radical (unpaired) electrons. The first-order valence-corrected chi connectivity index (χ1v) is 16.8. The molecule has 0 aliphatic carbocycles. The predicted molar refractivity (Wildman–Crippen MR) is 178 cm³/mol. The number of halogens is 4. The number of rotatable bonds is 5. The van der Waals surface area contributed by atoms with Crippen LogP contribution in [0.1, 0.15) is 51.5 Å². The van der Waals surface area contributed by atoms with Crippen molar-refractivity contribution in [1.29, 1.82) is 0 Å². The van der Waals surface area contributed by atoms with Crippen LogP contribution in [0, 0.1) is 5.82 Å². The Morgan fingerprint density at radius 3 is 2.69 bits per heavy atom. The van der Waals surface area contributed by atoms with Gasteiger partial charge < -0.3 is 19.7 Å². The predicted octanol–water partition coefficient (Wildman–Crippen LogP) is 6.85. The summed E-state index contributed by atoms with van der Waals surface area (Å²) in [6.07, 6.45) is 1.59. The average molecular weight is 681 g/mol. The van der Waals surface area contributed by atoms with Gasteiger partial charge in [-0.05, 0) is 49.6 Å². The minimum Gasteiger partial charge on any atom is -0.461 e. The number of carbonyl (C=O) groups is 1. The van der Waals surface area contributed by atoms with Crippen molar-refractivity contribution in [2.24, 2.45) is 0 Å². The lowest BCUT2D eigenvalue weighted by Gasteiger charge is -2.44. The SMILES string of the molecule is CCC[C@@]1(COc2nc3c4cnc(c(F)c4n2)-c2cccc4cccc(c24)CCCOC(=O)N[C@]2(C)CN3CC(F)(F)C2)C[C@@H](F)CN1C. The van der Waals surface area contributed by atoms with Gasteiger partial charge in [-0.1, -0.05) is 49.7 Å². The van der Waals surface area contributed by atoms with Crippen LogP contribution in [0.4, 0.5) is 28.2 Å². The Morgan fingerprint density at radius 1 is 1.14 bits per heavy atom. The molecule has 0 unspecified atom stereocenters. The van der Waals surface area contributed by atoms with E-state index in [4.69, 9.17) is 9.47 Å². The third-order valence-corrected chi connectivity index (χ3v) is 10.1. The maximum Gasteiger partial charge on any atom is 0.407 e. The number of aryl methyl sites for hydroxylation is 1. The monoisotopic (exact) mass is 680 g/mol. The molecule has 2 aromatic carbocycles. The van der Waals surface area contributed by atoms with Crippen LogP contribution in [-0.2, 0) is 11.2 Å². The van der Waals surface area contributed by atoms with Gasteiger partial charge in [0.05, 0.1) is 29.6 Å². The molecule has 2 fully saturated rings. The molecule has 6 bridgehead atoms. The minimum absolute atomic E-state index is 0.00525. The van der Waals surface area contributed by atoms with Gasteiger partial charge in [-0.2, -0.15) is 9.97 Å². The van der Waals surface area contributed by atoms with Crippen LogP contribution in [0.25, 0.3) is 32.9 Å². The Labute approximate surface area is 282 Å². The molecule has 49 heavy (non-hydrogen) atoms. The number of carbonyl (C=O) groups excluding carboxylic acids is 1. The number of nitrogens with zero attached hydrogens (tertiary/aromatic N) is 5. The molecule has 13 heteroatoms. The van der Waals surface area contributed by atoms with Gasteiger partial charge in [0.2, 0.25) is 0 Å². The van der Waals surface area contributed by atoms with Crippen LogP contribution in [-0.4, -0.2) is 89.0 Å². The Hall–Kier alpha value is -4.26. The van der Waals surface area contributed by atoms with Crippen LogP contribution in [0.5, 0.6) is 6.01 Å². The molecule has 4 aliphatic rings. The molecule has 8 rings (SSSR count). The van der Waals surface area contributed by atoms with E-state index in [0.717, 1.165) is 22.8 Å². The fraction of sp³-hybridized carbons (Fsp3) is 0.500. The number of alkyl carbamates (subject to hydrolysis) is 1. The van der Waals surface area contributed by atoms with Crippen molar-refractivity contribution in [3.05, 3.63) is 54.0 Å². The van der Waals surface area contributed by atoms with E-state index in [1.165, 1.54) is 18.0 Å². The zero-order chi connectivity index (χ0) is 34.6. The summed E-state index contributed by atoms with van der Waals surface area (Å²) >= 11 is 0. The van der Waals surface area contributed by atoms with Gasteiger partial charge in [-0.25, -0.2) is 22.4 Å². The van der Waals surface area contributed by atoms with E-state index in [9.17, 15) is 9.18 Å². The van der Waals surface area contributed by atoms with E-state index >= 15 is 13.2 Å². The van der Waals surface area contributed by atoms with Gasteiger partial charge in [0, 0.05) is 37.7 Å². The molecule has 2 saturated heterocycles. The molecule has 0 spiro atoms. The number of piperidine rings is 1. The molecule has 6 heterocycles. The maximum absolute atomic E-state index is 17.0. The highest BCUT2D eigenvalue weighted by molar-refractivity contribution is 6.00. The lowest BCUT2D eigenvalue weighted by molar-refractivity contribution is -0.0390. The van der Waals surface area contributed by atoms with Crippen molar-refractivity contribution in [3.63, 3.8) is 0 Å². The lowest BCUT2D eigenvalue weighted by Crippen LogP contribution is -2.63. The zero-order valence-electron chi connectivity index (χ0n) is 27.9. The number of hydrogen-bond acceptors (Lipinski definition) is 8. The first-order chi connectivity index (χ1) is 23.4. The highest BCUT2D eigenvalue weighted by atomic mass is 19.3. The number of benzene rings is 2. The number of ether oxygens (including phenoxy) is 2. The van der Waals surface area contributed by atoms with Gasteiger partial charge in [-0.15, -0.1) is 0 Å². The number of pyridine rings is 1. The van der Waals surface area contributed by atoms with Gasteiger partial charge >= 0.3 is 12.1 Å². The van der Waals surface area contributed by atoms with Gasteiger partial charge in [0.15, 0.2) is 5.82 Å². The fourth-order valence-electron chi connectivity index (χ4n) is 8.04. The number of nitrogens with one attached hydrogen (secondary N) is 1. The standard InChI is InChI=1S/C36H40F4N6O3/c1-4-13-35(15-24(37)17-45(35)3)21-49-32-42-30-26-16-41-29(28(30)38)25-12-6-10-22-8-5-9-23(27(22)25)11-7-14-48-33(47)44-34(2)18-36(39,40)20-46(19-34)31(26)43-32/h5-6,8-10,12,16,24H,4,7,11,13-15,17-21H2,1-3H3,(H,44,47)/t24-,34+,35+/m1/s1. The van der Waals surface area contributed by atoms with Crippen molar-refractivity contribution < 1.29 is 31.8 Å². The van der Waals surface area contributed by atoms with Crippen LogP contribution in [0.3, 0.4) is 0 Å². The second-order valence-corrected chi connectivity index (χ2v) is 14.1. The minimum atomic E-state index is -3.25. The van der Waals surface area contributed by atoms with Crippen molar-refractivity contribution in [1.82, 2.24) is 25.2 Å². The average Bonchev–Trinajstić information content (AvgIpc) is 3.32. The third-order valence-electron chi connectivity index (χ3n) is 10.1. The molecule has 260 valence electrons. The largest absolute Gasteiger partial charge is 0.461 e. The van der Waals surface area contributed by atoms with Crippen molar-refractivity contribution >= 4 is 33.6 Å². The number of aromatic nitrogens is 3. The number of anilines is 1. The van der Waals surface area contributed by atoms with Gasteiger partial charge in [-0.3, -0.25) is 9.88 Å². The number of hydrogen-bond donors (Lipinski definition) is 1. The highest BCUT2D eigenvalue weighted by Gasteiger charge is 2.49. The molecule has 0 saturated carbocycles. The molecule has 1 amide bonds. The summed E-state index contributed by atoms with van der Waals surface area (Å²) in [6.45, 7) is 3.04. The van der Waals surface area contributed by atoms with Crippen LogP contribution in [0.2, 0.25) is 0 Å². The molecule has 4 aromatic rings. The third kappa shape index (κ3) is 6.33. The Balaban J connectivity index is 1.42. The van der Waals surface area contributed by atoms with Crippen molar-refractivity contribution in [3.8, 4) is 17.3 Å². The molecule has 4 aliphatic heterocycles. The normalized spacial score (nSPS) is 25.8. The summed E-state index contributed by atoms with van der Waals surface area (Å²) in [5.74, 6) is -4.00. The van der Waals surface area contributed by atoms with E-state index in [1.54, 1.807) is 6.07 Å². The number of fused-ring (bicyclic) bond motifs is 6. The molecule has 9 nitrogen and oxygen atoms in total. The smallest absolute Gasteiger partial charge is 0.407 e. The number of amides is 1. The van der Waals surface area contributed by atoms with Crippen LogP contribution >= 0.6 is 0 Å². The summed E-state index contributed by atoms with van der Waals surface area (Å²) in [7, 11) is 1.84. The van der Waals surface area contributed by atoms with Crippen LogP contribution in [0.15, 0.2) is 42.6 Å². The molecule has 2 aromatic heterocycles. The Kier molecular flexibility index (Phi) is 8.53. The number of likely N-dealkylation sites (tertiary alicyclic amines) is 1. The van der Waals surface area contributed by atoms with Crippen LogP contribution < -0.4 is 15.0 Å². The fourth-order valence-corrected chi connectivity index (χ4v) is 8.04. The Morgan fingerprint density at radius 2 is 1.94 bits per heavy atom. The molecule has 3 atom stereocenters. The van der Waals surface area contributed by atoms with Crippen molar-refractivity contribution in [2.75, 3.05) is 44.8 Å². The van der Waals surface area contributed by atoms with Crippen molar-refractivity contribution in [2.45, 2.75) is 75.5 Å². The number of alkyl halides is 3. The zero-order valence-corrected chi connectivity index (χ0v) is 27.9. The van der Waals surface area contributed by atoms with E-state index in [2.05, 4.69) is 20.3 Å². The lowest BCUT2D eigenvalue weighted by atomic mass is 9.88. The van der Waals surface area contributed by atoms with E-state index in [-0.39, 0.29) is 61.1 Å². The first kappa shape index (κ1) is 33.2.